The maximum atomic E-state index is 15.2. The molecule has 1 aliphatic carbocycles. The summed E-state index contributed by atoms with van der Waals surface area (Å²) in [6, 6.07) is 5.22. The van der Waals surface area contributed by atoms with Crippen LogP contribution in [0.1, 0.15) is 68.6 Å². The number of carbonyl (C=O) groups is 2. The minimum Gasteiger partial charge on any atom is -0.490 e. The summed E-state index contributed by atoms with van der Waals surface area (Å²) < 4.78 is 35.1. The Morgan fingerprint density at radius 3 is 2.54 bits per heavy atom. The molecule has 1 aliphatic heterocycles. The van der Waals surface area contributed by atoms with Crippen LogP contribution in [0.2, 0.25) is 5.02 Å². The van der Waals surface area contributed by atoms with Gasteiger partial charge in [-0.2, -0.15) is 0 Å². The van der Waals surface area contributed by atoms with Gasteiger partial charge in [0.05, 0.1) is 28.1 Å². The van der Waals surface area contributed by atoms with Crippen LogP contribution < -0.4 is 15.4 Å². The highest BCUT2D eigenvalue weighted by Gasteiger charge is 2.27. The SMILES string of the molecule is CC(Oc1cc(NC(=O)N2CCCCC2=N)c(F)cc1C(=O)Nc1cc(F)ccc1Cl)C1CCCCC1. The number of rotatable bonds is 6. The number of amides is 3. The predicted octanol–water partition coefficient (Wildman–Crippen LogP) is 7.21. The normalized spacial score (nSPS) is 17.3. The van der Waals surface area contributed by atoms with Crippen molar-refractivity contribution in [2.45, 2.75) is 64.4 Å². The molecule has 37 heavy (non-hydrogen) atoms. The summed E-state index contributed by atoms with van der Waals surface area (Å²) in [5.74, 6) is -1.62. The molecule has 0 spiro atoms. The molecule has 2 aliphatic rings. The molecule has 0 radical (unpaired) electrons. The molecular weight excluding hydrogens is 502 g/mol. The van der Waals surface area contributed by atoms with Crippen molar-refractivity contribution in [3.8, 4) is 5.75 Å². The lowest BCUT2D eigenvalue weighted by atomic mass is 9.86. The second kappa shape index (κ2) is 11.9. The molecule has 10 heteroatoms. The molecule has 0 bridgehead atoms. The maximum absolute atomic E-state index is 15.2. The number of amidine groups is 1. The van der Waals surface area contributed by atoms with Gasteiger partial charge in [0.15, 0.2) is 0 Å². The van der Waals surface area contributed by atoms with Crippen LogP contribution in [0.15, 0.2) is 30.3 Å². The van der Waals surface area contributed by atoms with Crippen molar-refractivity contribution in [1.82, 2.24) is 4.90 Å². The molecule has 2 fully saturated rings. The number of hydrogen-bond acceptors (Lipinski definition) is 4. The average Bonchev–Trinajstić information content (AvgIpc) is 2.88. The lowest BCUT2D eigenvalue weighted by molar-refractivity contribution is 0.0997. The van der Waals surface area contributed by atoms with E-state index in [0.717, 1.165) is 56.7 Å². The number of urea groups is 1. The molecule has 1 atom stereocenters. The van der Waals surface area contributed by atoms with Gasteiger partial charge in [-0.1, -0.05) is 30.9 Å². The van der Waals surface area contributed by atoms with Crippen molar-refractivity contribution in [2.75, 3.05) is 17.2 Å². The van der Waals surface area contributed by atoms with Gasteiger partial charge in [-0.25, -0.2) is 13.6 Å². The fraction of sp³-hybridized carbons (Fsp3) is 0.444. The number of carbonyl (C=O) groups excluding carboxylic acids is 2. The molecule has 198 valence electrons. The largest absolute Gasteiger partial charge is 0.490 e. The Balaban J connectivity index is 1.63. The first-order chi connectivity index (χ1) is 17.7. The minimum atomic E-state index is -0.843. The zero-order chi connectivity index (χ0) is 26.5. The van der Waals surface area contributed by atoms with Gasteiger partial charge >= 0.3 is 6.03 Å². The Morgan fingerprint density at radius 1 is 1.05 bits per heavy atom. The van der Waals surface area contributed by atoms with Gasteiger partial charge < -0.3 is 15.4 Å². The number of likely N-dealkylation sites (tertiary alicyclic amines) is 1. The van der Waals surface area contributed by atoms with Gasteiger partial charge in [-0.05, 0) is 62.8 Å². The van der Waals surface area contributed by atoms with Crippen LogP contribution in [0.4, 0.5) is 25.0 Å². The first-order valence-electron chi connectivity index (χ1n) is 12.7. The summed E-state index contributed by atoms with van der Waals surface area (Å²) in [6.07, 6.45) is 7.14. The van der Waals surface area contributed by atoms with Gasteiger partial charge in [0.2, 0.25) is 0 Å². The predicted molar refractivity (Wildman–Crippen MR) is 140 cm³/mol. The molecular formula is C27H31ClF2N4O3. The molecule has 1 saturated carbocycles. The second-order valence-electron chi connectivity index (χ2n) is 9.61. The summed E-state index contributed by atoms with van der Waals surface area (Å²) in [4.78, 5) is 27.2. The summed E-state index contributed by atoms with van der Waals surface area (Å²) >= 11 is 6.10. The van der Waals surface area contributed by atoms with E-state index >= 15 is 4.39 Å². The van der Waals surface area contributed by atoms with Gasteiger partial charge in [-0.3, -0.25) is 15.1 Å². The zero-order valence-corrected chi connectivity index (χ0v) is 21.5. The standard InChI is InChI=1S/C27H31ClF2N4O3/c1-16(17-7-3-2-4-8-17)37-24-15-23(33-27(36)34-12-6-5-9-25(34)31)21(30)14-19(24)26(35)32-22-13-18(29)10-11-20(22)28/h10-11,13-17,31H,2-9,12H2,1H3,(H,32,35)(H,33,36). The smallest absolute Gasteiger partial charge is 0.327 e. The molecule has 1 heterocycles. The summed E-state index contributed by atoms with van der Waals surface area (Å²) in [6.45, 7) is 2.29. The third kappa shape index (κ3) is 6.57. The van der Waals surface area contributed by atoms with E-state index < -0.39 is 23.6 Å². The zero-order valence-electron chi connectivity index (χ0n) is 20.7. The van der Waals surface area contributed by atoms with Gasteiger partial charge in [0.1, 0.15) is 23.2 Å². The van der Waals surface area contributed by atoms with E-state index in [1.807, 2.05) is 6.92 Å². The van der Waals surface area contributed by atoms with E-state index in [1.165, 1.54) is 23.5 Å². The van der Waals surface area contributed by atoms with E-state index in [4.69, 9.17) is 21.7 Å². The Kier molecular flexibility index (Phi) is 8.63. The van der Waals surface area contributed by atoms with Crippen LogP contribution in [-0.4, -0.2) is 35.3 Å². The number of benzene rings is 2. The van der Waals surface area contributed by atoms with Crippen LogP contribution in [0.5, 0.6) is 5.75 Å². The van der Waals surface area contributed by atoms with Crippen LogP contribution in [0.25, 0.3) is 0 Å². The number of anilines is 2. The molecule has 2 aromatic rings. The number of nitrogens with one attached hydrogen (secondary N) is 3. The van der Waals surface area contributed by atoms with Crippen molar-refractivity contribution in [3.05, 3.63) is 52.6 Å². The molecule has 1 saturated heterocycles. The van der Waals surface area contributed by atoms with E-state index in [0.29, 0.717) is 13.0 Å². The summed E-state index contributed by atoms with van der Waals surface area (Å²) in [5.41, 5.74) is -0.224. The van der Waals surface area contributed by atoms with Crippen molar-refractivity contribution in [2.24, 2.45) is 5.92 Å². The number of nitrogens with zero attached hydrogens (tertiary/aromatic N) is 1. The molecule has 7 nitrogen and oxygen atoms in total. The minimum absolute atomic E-state index is 0.0411. The van der Waals surface area contributed by atoms with Crippen molar-refractivity contribution in [3.63, 3.8) is 0 Å². The van der Waals surface area contributed by atoms with Gasteiger partial charge in [-0.15, -0.1) is 0 Å². The molecule has 3 N–H and O–H groups in total. The van der Waals surface area contributed by atoms with Crippen LogP contribution >= 0.6 is 11.6 Å². The maximum Gasteiger partial charge on any atom is 0.327 e. The number of hydrogen-bond donors (Lipinski definition) is 3. The lowest BCUT2D eigenvalue weighted by Crippen LogP contribution is -2.42. The Hall–Kier alpha value is -3.20. The first kappa shape index (κ1) is 26.9. The highest BCUT2D eigenvalue weighted by molar-refractivity contribution is 6.34. The first-order valence-corrected chi connectivity index (χ1v) is 13.0. The Bertz CT molecular complexity index is 1190. The molecule has 1 unspecified atom stereocenters. The second-order valence-corrected chi connectivity index (χ2v) is 10.0. The topological polar surface area (TPSA) is 94.5 Å². The van der Waals surface area contributed by atoms with Crippen molar-refractivity contribution in [1.29, 1.82) is 5.41 Å². The fourth-order valence-corrected chi connectivity index (χ4v) is 5.01. The number of halogens is 3. The third-order valence-electron chi connectivity index (χ3n) is 6.97. The van der Waals surface area contributed by atoms with E-state index in [1.54, 1.807) is 0 Å². The molecule has 2 aromatic carbocycles. The van der Waals surface area contributed by atoms with Gasteiger partial charge in [0.25, 0.3) is 5.91 Å². The number of piperidine rings is 1. The quantitative estimate of drug-likeness (QED) is 0.366. The van der Waals surface area contributed by atoms with Crippen molar-refractivity contribution >= 4 is 40.7 Å². The van der Waals surface area contributed by atoms with Crippen LogP contribution in [-0.2, 0) is 0 Å². The van der Waals surface area contributed by atoms with Crippen LogP contribution in [0, 0.1) is 23.0 Å². The highest BCUT2D eigenvalue weighted by Crippen LogP contribution is 2.34. The Morgan fingerprint density at radius 2 is 1.81 bits per heavy atom. The highest BCUT2D eigenvalue weighted by atomic mass is 35.5. The monoisotopic (exact) mass is 532 g/mol. The van der Waals surface area contributed by atoms with Gasteiger partial charge in [0, 0.05) is 19.0 Å². The third-order valence-corrected chi connectivity index (χ3v) is 7.30. The Labute approximate surface area is 220 Å². The fourth-order valence-electron chi connectivity index (χ4n) is 4.85. The van der Waals surface area contributed by atoms with Crippen molar-refractivity contribution < 1.29 is 23.1 Å². The van der Waals surface area contributed by atoms with E-state index in [-0.39, 0.29) is 45.6 Å². The molecule has 4 rings (SSSR count). The van der Waals surface area contributed by atoms with E-state index in [9.17, 15) is 14.0 Å². The lowest BCUT2D eigenvalue weighted by Gasteiger charge is -2.29. The molecule has 0 aromatic heterocycles. The average molecular weight is 533 g/mol. The summed E-state index contributed by atoms with van der Waals surface area (Å²) in [5, 5.41) is 13.2. The molecule has 3 amide bonds. The number of ether oxygens (including phenoxy) is 1. The van der Waals surface area contributed by atoms with E-state index in [2.05, 4.69) is 10.6 Å². The van der Waals surface area contributed by atoms with Crippen LogP contribution in [0.3, 0.4) is 0 Å². The summed E-state index contributed by atoms with van der Waals surface area (Å²) in [7, 11) is 0.